The van der Waals surface area contributed by atoms with Gasteiger partial charge in [0.1, 0.15) is 0 Å². The molecule has 0 atom stereocenters. The molecule has 1 saturated heterocycles. The lowest BCUT2D eigenvalue weighted by Crippen LogP contribution is -2.29. The fourth-order valence-corrected chi connectivity index (χ4v) is 3.28. The second-order valence-corrected chi connectivity index (χ2v) is 6.68. The summed E-state index contributed by atoms with van der Waals surface area (Å²) >= 11 is 0. The minimum Gasteiger partial charge on any atom is -0.372 e. The molecule has 0 aliphatic carbocycles. The minimum atomic E-state index is -0.490. The molecule has 0 aromatic heterocycles. The maximum Gasteiger partial charge on any atom is 0.270 e. The van der Waals surface area contributed by atoms with Gasteiger partial charge in [0.15, 0.2) is 0 Å². The van der Waals surface area contributed by atoms with Gasteiger partial charge in [-0.2, -0.15) is 0 Å². The number of anilines is 1. The molecule has 1 amide bonds. The molecule has 6 nitrogen and oxygen atoms in total. The van der Waals surface area contributed by atoms with E-state index in [-0.39, 0.29) is 11.6 Å². The molecule has 0 spiro atoms. The largest absolute Gasteiger partial charge is 0.372 e. The van der Waals surface area contributed by atoms with Crippen molar-refractivity contribution >= 4 is 17.3 Å². The Labute approximate surface area is 153 Å². The first-order chi connectivity index (χ1) is 12.5. The number of nitro groups is 1. The lowest BCUT2D eigenvalue weighted by Gasteiger charge is -2.29. The number of piperidine rings is 1. The lowest BCUT2D eigenvalue weighted by molar-refractivity contribution is -0.384. The van der Waals surface area contributed by atoms with Crippen molar-refractivity contribution in [1.82, 2.24) is 4.90 Å². The normalized spacial score (nSPS) is 14.1. The molecule has 1 aliphatic rings. The van der Waals surface area contributed by atoms with Gasteiger partial charge in [0.25, 0.3) is 11.6 Å². The number of hydrogen-bond donors (Lipinski definition) is 0. The Bertz CT molecular complexity index is 783. The summed E-state index contributed by atoms with van der Waals surface area (Å²) in [4.78, 5) is 26.9. The van der Waals surface area contributed by atoms with E-state index in [4.69, 9.17) is 0 Å². The first-order valence-electron chi connectivity index (χ1n) is 8.88. The van der Waals surface area contributed by atoms with Gasteiger partial charge in [-0.3, -0.25) is 14.9 Å². The fourth-order valence-electron chi connectivity index (χ4n) is 3.28. The first kappa shape index (κ1) is 17.9. The van der Waals surface area contributed by atoms with Crippen molar-refractivity contribution in [2.24, 2.45) is 0 Å². The molecule has 0 saturated carbocycles. The zero-order chi connectivity index (χ0) is 18.5. The van der Waals surface area contributed by atoms with Crippen LogP contribution >= 0.6 is 0 Å². The van der Waals surface area contributed by atoms with Crippen LogP contribution in [0, 0.1) is 10.1 Å². The topological polar surface area (TPSA) is 66.7 Å². The SMILES string of the molecule is CN(Cc1ccc(N2CCCCC2)cc1)C(=O)c1cccc([N+](=O)[O-])c1. The van der Waals surface area contributed by atoms with Crippen LogP contribution in [0.1, 0.15) is 35.2 Å². The number of nitro benzene ring substituents is 1. The third kappa shape index (κ3) is 4.20. The average Bonchev–Trinajstić information content (AvgIpc) is 2.68. The predicted octanol–water partition coefficient (Wildman–Crippen LogP) is 3.86. The quantitative estimate of drug-likeness (QED) is 0.605. The van der Waals surface area contributed by atoms with Crippen molar-refractivity contribution in [2.45, 2.75) is 25.8 Å². The van der Waals surface area contributed by atoms with E-state index in [2.05, 4.69) is 17.0 Å². The molecule has 26 heavy (non-hydrogen) atoms. The summed E-state index contributed by atoms with van der Waals surface area (Å²) in [6.45, 7) is 2.66. The molecule has 0 bridgehead atoms. The molecule has 6 heteroatoms. The van der Waals surface area contributed by atoms with Gasteiger partial charge >= 0.3 is 0 Å². The average molecular weight is 353 g/mol. The lowest BCUT2D eigenvalue weighted by atomic mass is 10.1. The molecule has 0 radical (unpaired) electrons. The van der Waals surface area contributed by atoms with Crippen molar-refractivity contribution < 1.29 is 9.72 Å². The summed E-state index contributed by atoms with van der Waals surface area (Å²) in [6, 6.07) is 14.1. The summed E-state index contributed by atoms with van der Waals surface area (Å²) in [5.41, 5.74) is 2.51. The summed E-state index contributed by atoms with van der Waals surface area (Å²) in [5.74, 6) is -0.228. The van der Waals surface area contributed by atoms with E-state index in [0.717, 1.165) is 18.7 Å². The van der Waals surface area contributed by atoms with Crippen LogP contribution in [-0.2, 0) is 6.54 Å². The van der Waals surface area contributed by atoms with Crippen LogP contribution in [0.25, 0.3) is 0 Å². The van der Waals surface area contributed by atoms with Crippen LogP contribution in [0.15, 0.2) is 48.5 Å². The van der Waals surface area contributed by atoms with Gasteiger partial charge in [0.05, 0.1) is 4.92 Å². The van der Waals surface area contributed by atoms with Gasteiger partial charge in [0.2, 0.25) is 0 Å². The van der Waals surface area contributed by atoms with E-state index in [9.17, 15) is 14.9 Å². The highest BCUT2D eigenvalue weighted by molar-refractivity contribution is 5.94. The Hall–Kier alpha value is -2.89. The maximum atomic E-state index is 12.5. The van der Waals surface area contributed by atoms with Gasteiger partial charge < -0.3 is 9.80 Å². The van der Waals surface area contributed by atoms with Crippen LogP contribution in [-0.4, -0.2) is 35.9 Å². The van der Waals surface area contributed by atoms with Crippen LogP contribution < -0.4 is 4.90 Å². The van der Waals surface area contributed by atoms with Gasteiger partial charge in [-0.25, -0.2) is 0 Å². The van der Waals surface area contributed by atoms with E-state index < -0.39 is 4.92 Å². The van der Waals surface area contributed by atoms with Gasteiger partial charge in [0, 0.05) is 50.1 Å². The zero-order valence-corrected chi connectivity index (χ0v) is 14.9. The van der Waals surface area contributed by atoms with Gasteiger partial charge in [-0.05, 0) is 43.0 Å². The highest BCUT2D eigenvalue weighted by Gasteiger charge is 2.16. The molecule has 0 N–H and O–H groups in total. The maximum absolute atomic E-state index is 12.5. The highest BCUT2D eigenvalue weighted by atomic mass is 16.6. The monoisotopic (exact) mass is 353 g/mol. The molecular weight excluding hydrogens is 330 g/mol. The highest BCUT2D eigenvalue weighted by Crippen LogP contribution is 2.21. The molecule has 0 unspecified atom stereocenters. The number of non-ortho nitro benzene ring substituents is 1. The van der Waals surface area contributed by atoms with Crippen molar-refractivity contribution in [3.05, 3.63) is 69.8 Å². The molecule has 2 aromatic rings. The summed E-state index contributed by atoms with van der Waals surface area (Å²) in [6.07, 6.45) is 3.78. The smallest absolute Gasteiger partial charge is 0.270 e. The Morgan fingerprint density at radius 1 is 1.12 bits per heavy atom. The second kappa shape index (κ2) is 7.99. The first-order valence-corrected chi connectivity index (χ1v) is 8.88. The number of amides is 1. The molecule has 1 fully saturated rings. The van der Waals surface area contributed by atoms with Crippen LogP contribution in [0.4, 0.5) is 11.4 Å². The Morgan fingerprint density at radius 2 is 1.81 bits per heavy atom. The van der Waals surface area contributed by atoms with Crippen molar-refractivity contribution in [2.75, 3.05) is 25.0 Å². The van der Waals surface area contributed by atoms with E-state index in [1.54, 1.807) is 18.0 Å². The number of hydrogen-bond acceptors (Lipinski definition) is 4. The molecule has 3 rings (SSSR count). The van der Waals surface area contributed by atoms with Gasteiger partial charge in [-0.15, -0.1) is 0 Å². The summed E-state index contributed by atoms with van der Waals surface area (Å²) in [5, 5.41) is 10.9. The van der Waals surface area contributed by atoms with Crippen molar-refractivity contribution in [3.63, 3.8) is 0 Å². The Balaban J connectivity index is 1.65. The van der Waals surface area contributed by atoms with E-state index in [0.29, 0.717) is 12.1 Å². The fraction of sp³-hybridized carbons (Fsp3) is 0.350. The summed E-state index contributed by atoms with van der Waals surface area (Å²) in [7, 11) is 1.71. The van der Waals surface area contributed by atoms with E-state index in [1.165, 1.54) is 43.1 Å². The standard InChI is InChI=1S/C20H23N3O3/c1-21(20(24)17-6-5-7-19(14-17)23(25)26)15-16-8-10-18(11-9-16)22-12-3-2-4-13-22/h5-11,14H,2-4,12-13,15H2,1H3. The minimum absolute atomic E-state index is 0.0739. The number of nitrogens with zero attached hydrogens (tertiary/aromatic N) is 3. The Kier molecular flexibility index (Phi) is 5.51. The third-order valence-electron chi connectivity index (χ3n) is 4.73. The molecular formula is C20H23N3O3. The second-order valence-electron chi connectivity index (χ2n) is 6.68. The van der Waals surface area contributed by atoms with Crippen molar-refractivity contribution in [1.29, 1.82) is 0 Å². The van der Waals surface area contributed by atoms with Crippen LogP contribution in [0.3, 0.4) is 0 Å². The van der Waals surface area contributed by atoms with Crippen LogP contribution in [0.5, 0.6) is 0 Å². The van der Waals surface area contributed by atoms with E-state index in [1.807, 2.05) is 12.1 Å². The molecule has 136 valence electrons. The van der Waals surface area contributed by atoms with Crippen molar-refractivity contribution in [3.8, 4) is 0 Å². The van der Waals surface area contributed by atoms with E-state index >= 15 is 0 Å². The number of carbonyl (C=O) groups excluding carboxylic acids is 1. The van der Waals surface area contributed by atoms with Crippen LogP contribution in [0.2, 0.25) is 0 Å². The van der Waals surface area contributed by atoms with Gasteiger partial charge in [-0.1, -0.05) is 18.2 Å². The molecule has 1 aliphatic heterocycles. The molecule has 1 heterocycles. The number of rotatable bonds is 5. The molecule has 2 aromatic carbocycles. The predicted molar refractivity (Wildman–Crippen MR) is 101 cm³/mol. The number of benzene rings is 2. The number of carbonyl (C=O) groups is 1. The zero-order valence-electron chi connectivity index (χ0n) is 14.9. The summed E-state index contributed by atoms with van der Waals surface area (Å²) < 4.78 is 0. The Morgan fingerprint density at radius 3 is 2.46 bits per heavy atom. The third-order valence-corrected chi connectivity index (χ3v) is 4.73.